The van der Waals surface area contributed by atoms with Crippen LogP contribution in [0.25, 0.3) is 0 Å². The van der Waals surface area contributed by atoms with E-state index in [-0.39, 0.29) is 11.4 Å². The van der Waals surface area contributed by atoms with Crippen molar-refractivity contribution in [2.45, 2.75) is 35.5 Å². The molecule has 31 heavy (non-hydrogen) atoms. The first-order valence-electron chi connectivity index (χ1n) is 8.76. The number of alkyl halides is 3. The van der Waals surface area contributed by atoms with Crippen LogP contribution in [-0.4, -0.2) is 35.8 Å². The van der Waals surface area contributed by atoms with Crippen molar-refractivity contribution in [1.29, 1.82) is 0 Å². The summed E-state index contributed by atoms with van der Waals surface area (Å²) >= 11 is 0. The zero-order valence-corrected chi connectivity index (χ0v) is 18.0. The zero-order valence-electron chi connectivity index (χ0n) is 16.4. The Morgan fingerprint density at radius 3 is 2.10 bits per heavy atom. The molecule has 1 atom stereocenters. The first-order valence-corrected chi connectivity index (χ1v) is 11.7. The topological polar surface area (TPSA) is 121 Å². The molecule has 2 aromatic rings. The number of carbonyl (C=O) groups excluding carboxylic acids is 1. The highest BCUT2D eigenvalue weighted by molar-refractivity contribution is 7.89. The minimum absolute atomic E-state index is 0.0227. The summed E-state index contributed by atoms with van der Waals surface area (Å²) in [6.07, 6.45) is -4.89. The third-order valence-corrected chi connectivity index (χ3v) is 7.21. The van der Waals surface area contributed by atoms with Crippen LogP contribution < -0.4 is 14.8 Å². The van der Waals surface area contributed by atoms with E-state index in [4.69, 9.17) is 0 Å². The first-order chi connectivity index (χ1) is 14.3. The molecule has 0 bridgehead atoms. The molecule has 1 amide bonds. The molecular formula is C18H20F3N3O5S2. The summed E-state index contributed by atoms with van der Waals surface area (Å²) in [5.41, 5.74) is -0.812. The molecule has 0 heterocycles. The number of halogens is 3. The molecular weight excluding hydrogens is 459 g/mol. The normalized spacial score (nSPS) is 13.6. The Balaban J connectivity index is 2.06. The zero-order chi connectivity index (χ0) is 23.4. The van der Waals surface area contributed by atoms with Crippen molar-refractivity contribution >= 4 is 26.0 Å². The van der Waals surface area contributed by atoms with E-state index in [1.807, 2.05) is 4.72 Å². The maximum absolute atomic E-state index is 13.1. The number of nitrogens with one attached hydrogen (secondary N) is 3. The largest absolute Gasteiger partial charge is 0.417 e. The summed E-state index contributed by atoms with van der Waals surface area (Å²) in [5, 5.41) is 2.44. The van der Waals surface area contributed by atoms with E-state index in [1.54, 1.807) is 0 Å². The fraction of sp³-hybridized carbons (Fsp3) is 0.278. The van der Waals surface area contributed by atoms with Crippen LogP contribution in [0.15, 0.2) is 58.3 Å². The van der Waals surface area contributed by atoms with E-state index in [0.717, 1.165) is 18.2 Å². The van der Waals surface area contributed by atoms with Crippen molar-refractivity contribution in [1.82, 2.24) is 14.8 Å². The summed E-state index contributed by atoms with van der Waals surface area (Å²) < 4.78 is 91.5. The predicted octanol–water partition coefficient (Wildman–Crippen LogP) is 1.60. The Kier molecular flexibility index (Phi) is 7.47. The molecule has 0 spiro atoms. The van der Waals surface area contributed by atoms with E-state index in [1.165, 1.54) is 38.2 Å². The van der Waals surface area contributed by atoms with E-state index in [9.17, 15) is 34.8 Å². The molecule has 0 unspecified atom stereocenters. The lowest BCUT2D eigenvalue weighted by molar-refractivity contribution is -0.139. The van der Waals surface area contributed by atoms with Crippen LogP contribution in [0.4, 0.5) is 13.2 Å². The highest BCUT2D eigenvalue weighted by Gasteiger charge is 2.37. The molecule has 8 nitrogen and oxygen atoms in total. The van der Waals surface area contributed by atoms with Crippen molar-refractivity contribution in [3.05, 3.63) is 59.7 Å². The van der Waals surface area contributed by atoms with Crippen LogP contribution in [-0.2, 0) is 37.6 Å². The van der Waals surface area contributed by atoms with E-state index >= 15 is 0 Å². The summed E-state index contributed by atoms with van der Waals surface area (Å²) in [7, 11) is -6.98. The molecule has 0 saturated heterocycles. The quantitative estimate of drug-likeness (QED) is 0.531. The third-order valence-electron chi connectivity index (χ3n) is 4.18. The fourth-order valence-corrected chi connectivity index (χ4v) is 4.69. The number of carbonyl (C=O) groups is 1. The smallest absolute Gasteiger partial charge is 0.351 e. The van der Waals surface area contributed by atoms with Gasteiger partial charge in [0.15, 0.2) is 0 Å². The molecule has 3 N–H and O–H groups in total. The van der Waals surface area contributed by atoms with Crippen molar-refractivity contribution in [3.63, 3.8) is 0 Å². The van der Waals surface area contributed by atoms with E-state index < -0.39 is 48.6 Å². The summed E-state index contributed by atoms with van der Waals surface area (Å²) in [5.74, 6) is -0.778. The maximum Gasteiger partial charge on any atom is 0.417 e. The fourth-order valence-electron chi connectivity index (χ4n) is 2.53. The summed E-state index contributed by atoms with van der Waals surface area (Å²) in [4.78, 5) is 11.3. The van der Waals surface area contributed by atoms with Crippen molar-refractivity contribution in [2.24, 2.45) is 0 Å². The molecule has 0 saturated carbocycles. The van der Waals surface area contributed by atoms with Crippen molar-refractivity contribution < 1.29 is 34.8 Å². The van der Waals surface area contributed by atoms with Gasteiger partial charge in [0.25, 0.3) is 0 Å². The third kappa shape index (κ3) is 6.26. The SMILES string of the molecule is CNS(=O)(=O)c1ccc(CNC(=O)[C@H](C)NS(=O)(=O)c2ccccc2C(F)(F)F)cc1. The number of rotatable bonds is 8. The lowest BCUT2D eigenvalue weighted by Gasteiger charge is -2.17. The summed E-state index contributed by atoms with van der Waals surface area (Å²) in [6, 6.07) is 7.85. The molecule has 0 aromatic heterocycles. The predicted molar refractivity (Wildman–Crippen MR) is 106 cm³/mol. The maximum atomic E-state index is 13.1. The Hall–Kier alpha value is -2.48. The highest BCUT2D eigenvalue weighted by Crippen LogP contribution is 2.33. The van der Waals surface area contributed by atoms with Crippen LogP contribution in [0.1, 0.15) is 18.1 Å². The second kappa shape index (κ2) is 9.34. The van der Waals surface area contributed by atoms with Gasteiger partial charge in [-0.05, 0) is 43.8 Å². The standard InChI is InChI=1S/C18H20F3N3O5S2/c1-12(24-31(28,29)16-6-4-3-5-15(16)18(19,20)21)17(25)23-11-13-7-9-14(10-8-13)30(26,27)22-2/h3-10,12,22,24H,11H2,1-2H3,(H,23,25)/t12-/m0/s1. The Morgan fingerprint density at radius 1 is 0.968 bits per heavy atom. The number of hydrogen-bond acceptors (Lipinski definition) is 5. The first kappa shape index (κ1) is 24.8. The molecule has 2 rings (SSSR count). The second-order valence-electron chi connectivity index (χ2n) is 6.41. The van der Waals surface area contributed by atoms with Gasteiger partial charge >= 0.3 is 6.18 Å². The minimum Gasteiger partial charge on any atom is -0.351 e. The van der Waals surface area contributed by atoms with Gasteiger partial charge < -0.3 is 5.32 Å². The number of hydrogen-bond donors (Lipinski definition) is 3. The Labute approximate surface area is 178 Å². The van der Waals surface area contributed by atoms with Gasteiger partial charge in [0.1, 0.15) is 0 Å². The van der Waals surface area contributed by atoms with Crippen LogP contribution >= 0.6 is 0 Å². The van der Waals surface area contributed by atoms with Gasteiger partial charge in [-0.1, -0.05) is 24.3 Å². The molecule has 0 fully saturated rings. The lowest BCUT2D eigenvalue weighted by Crippen LogP contribution is -2.44. The Bertz CT molecular complexity index is 1150. The molecule has 2 aromatic carbocycles. The van der Waals surface area contributed by atoms with Crippen LogP contribution in [0.2, 0.25) is 0 Å². The number of benzene rings is 2. The molecule has 13 heteroatoms. The monoisotopic (exact) mass is 479 g/mol. The molecule has 0 aliphatic carbocycles. The average molecular weight is 480 g/mol. The van der Waals surface area contributed by atoms with Gasteiger partial charge in [0.2, 0.25) is 26.0 Å². The van der Waals surface area contributed by atoms with Gasteiger partial charge in [0.05, 0.1) is 21.4 Å². The average Bonchev–Trinajstić information content (AvgIpc) is 2.71. The van der Waals surface area contributed by atoms with Crippen LogP contribution in [0, 0.1) is 0 Å². The van der Waals surface area contributed by atoms with Gasteiger partial charge in [-0.3, -0.25) is 4.79 Å². The summed E-state index contributed by atoms with van der Waals surface area (Å²) in [6.45, 7) is 1.13. The van der Waals surface area contributed by atoms with Crippen molar-refractivity contribution in [3.8, 4) is 0 Å². The van der Waals surface area contributed by atoms with Gasteiger partial charge in [-0.2, -0.15) is 17.9 Å². The molecule has 0 radical (unpaired) electrons. The lowest BCUT2D eigenvalue weighted by atomic mass is 10.2. The highest BCUT2D eigenvalue weighted by atomic mass is 32.2. The van der Waals surface area contributed by atoms with Crippen molar-refractivity contribution in [2.75, 3.05) is 7.05 Å². The number of amides is 1. The molecule has 0 aliphatic rings. The molecule has 170 valence electrons. The number of sulfonamides is 2. The molecule has 0 aliphatic heterocycles. The van der Waals surface area contributed by atoms with E-state index in [2.05, 4.69) is 10.0 Å². The van der Waals surface area contributed by atoms with Gasteiger partial charge in [0, 0.05) is 6.54 Å². The van der Waals surface area contributed by atoms with Crippen LogP contribution in [0.5, 0.6) is 0 Å². The van der Waals surface area contributed by atoms with Crippen LogP contribution in [0.3, 0.4) is 0 Å². The van der Waals surface area contributed by atoms with Gasteiger partial charge in [-0.15, -0.1) is 0 Å². The van der Waals surface area contributed by atoms with E-state index in [0.29, 0.717) is 11.6 Å². The van der Waals surface area contributed by atoms with Gasteiger partial charge in [-0.25, -0.2) is 21.6 Å². The minimum atomic E-state index is -4.89. The second-order valence-corrected chi connectivity index (χ2v) is 9.98. The Morgan fingerprint density at radius 2 is 1.55 bits per heavy atom.